The van der Waals surface area contributed by atoms with E-state index in [0.29, 0.717) is 23.4 Å². The molecule has 0 aliphatic carbocycles. The van der Waals surface area contributed by atoms with Crippen LogP contribution in [0.15, 0.2) is 71.0 Å². The molecule has 0 unspecified atom stereocenters. The van der Waals surface area contributed by atoms with Crippen molar-refractivity contribution in [1.82, 2.24) is 30.7 Å². The number of hydrogen-bond acceptors (Lipinski definition) is 10. The number of likely N-dealkylation sites (N-methyl/N-ethyl adjacent to an activating group) is 1. The molecule has 53 heavy (non-hydrogen) atoms. The van der Waals surface area contributed by atoms with Crippen molar-refractivity contribution in [2.45, 2.75) is 48.2 Å². The number of thioether (sulfide) groups is 2. The molecule has 3 saturated heterocycles. The van der Waals surface area contributed by atoms with Crippen LogP contribution in [0.3, 0.4) is 0 Å². The van der Waals surface area contributed by atoms with Gasteiger partial charge in [0.2, 0.25) is 30.4 Å². The molecule has 2 aromatic rings. The van der Waals surface area contributed by atoms with E-state index in [1.807, 2.05) is 12.1 Å². The average Bonchev–Trinajstić information content (AvgIpc) is 3.17. The predicted molar refractivity (Wildman–Crippen MR) is 189 cm³/mol. The van der Waals surface area contributed by atoms with E-state index in [-0.39, 0.29) is 54.7 Å². The lowest BCUT2D eigenvalue weighted by Crippen LogP contribution is -2.85. The number of piperidine rings is 1. The van der Waals surface area contributed by atoms with Gasteiger partial charge in [-0.15, -0.1) is 28.5 Å². The smallest absolute Gasteiger partial charge is 0.352 e. The highest BCUT2D eigenvalue weighted by Gasteiger charge is 2.66. The van der Waals surface area contributed by atoms with E-state index >= 15 is 0 Å². The molecular weight excluding hydrogens is 729 g/mol. The number of imide groups is 1. The summed E-state index contributed by atoms with van der Waals surface area (Å²) in [5.74, 6) is -4.72. The van der Waals surface area contributed by atoms with Gasteiger partial charge >= 0.3 is 23.8 Å². The number of nitrogens with zero attached hydrogens (tertiary/aromatic N) is 5. The maximum absolute atomic E-state index is 14.0. The van der Waals surface area contributed by atoms with Crippen LogP contribution in [0.1, 0.15) is 37.8 Å². The fourth-order valence-corrected chi connectivity index (χ4v) is 9.01. The molecule has 3 atom stereocenters. The summed E-state index contributed by atoms with van der Waals surface area (Å²) in [6, 6.07) is 9.08. The van der Waals surface area contributed by atoms with E-state index in [1.165, 1.54) is 28.8 Å². The highest BCUT2D eigenvalue weighted by Crippen LogP contribution is 2.46. The number of nitrogens with one attached hydrogen (secondary N) is 3. The minimum absolute atomic E-state index is 0.0396. The van der Waals surface area contributed by atoms with Crippen molar-refractivity contribution < 1.29 is 48.1 Å². The Kier molecular flexibility index (Phi) is 11.0. The summed E-state index contributed by atoms with van der Waals surface area (Å²) in [5.41, 5.74) is -1.62. The molecule has 6 rings (SSSR count). The van der Waals surface area contributed by atoms with Crippen molar-refractivity contribution in [2.75, 3.05) is 42.7 Å². The molecule has 3 fully saturated rings. The Morgan fingerprint density at radius 1 is 1.04 bits per heavy atom. The van der Waals surface area contributed by atoms with Gasteiger partial charge in [0.15, 0.2) is 0 Å². The quantitative estimate of drug-likeness (QED) is 0.0549. The molecule has 4 N–H and O–H groups in total. The van der Waals surface area contributed by atoms with Crippen molar-refractivity contribution in [2.24, 2.45) is 0 Å². The molecule has 0 bridgehead atoms. The maximum atomic E-state index is 14.0. The number of carbonyl (C=O) groups excluding carboxylic acids is 7. The second-order valence-electron chi connectivity index (χ2n) is 12.5. The van der Waals surface area contributed by atoms with Gasteiger partial charge in [0.05, 0.1) is 6.54 Å². The Bertz CT molecular complexity index is 1880. The van der Waals surface area contributed by atoms with Gasteiger partial charge in [-0.05, 0) is 30.9 Å². The summed E-state index contributed by atoms with van der Waals surface area (Å²) in [5, 5.41) is 18.3. The lowest BCUT2D eigenvalue weighted by molar-refractivity contribution is -0.684. The topological polar surface area (TPSA) is 210 Å². The number of carboxylic acids is 1. The molecule has 1 aromatic heterocycles. The summed E-state index contributed by atoms with van der Waals surface area (Å²) in [6.45, 7) is 2.60. The van der Waals surface area contributed by atoms with Crippen LogP contribution in [0, 0.1) is 0 Å². The fraction of sp³-hybridized carbons (Fsp3) is 0.382. The van der Waals surface area contributed by atoms with Gasteiger partial charge in [0, 0.05) is 54.6 Å². The van der Waals surface area contributed by atoms with E-state index in [2.05, 4.69) is 16.0 Å². The number of amides is 8. The van der Waals surface area contributed by atoms with Crippen LogP contribution in [-0.2, 0) is 33.6 Å². The summed E-state index contributed by atoms with van der Waals surface area (Å²) < 4.78 is 1.73. The molecule has 0 spiro atoms. The molecule has 19 heteroatoms. The van der Waals surface area contributed by atoms with Crippen LogP contribution in [0.4, 0.5) is 4.79 Å². The van der Waals surface area contributed by atoms with E-state index in [1.54, 1.807) is 47.2 Å². The minimum atomic E-state index is -2.07. The second kappa shape index (κ2) is 15.7. The fourth-order valence-electron chi connectivity index (χ4n) is 6.56. The van der Waals surface area contributed by atoms with E-state index in [9.17, 15) is 43.5 Å². The number of β-lactam (4-membered cyclic amide) rings is 1. The number of rotatable bonds is 12. The van der Waals surface area contributed by atoms with Gasteiger partial charge in [-0.25, -0.2) is 9.59 Å². The van der Waals surface area contributed by atoms with E-state index in [4.69, 9.17) is 0 Å². The van der Waals surface area contributed by atoms with Gasteiger partial charge in [-0.1, -0.05) is 35.0 Å². The first-order chi connectivity index (χ1) is 25.5. The van der Waals surface area contributed by atoms with Crippen LogP contribution in [-0.4, -0.2) is 116 Å². The lowest BCUT2D eigenvalue weighted by atomic mass is 9.94. The third-order valence-corrected chi connectivity index (χ3v) is 11.8. The number of carbonyl (C=O) groups is 8. The van der Waals surface area contributed by atoms with Gasteiger partial charge in [-0.3, -0.25) is 38.6 Å². The number of benzene rings is 1. The Morgan fingerprint density at radius 3 is 2.43 bits per heavy atom. The summed E-state index contributed by atoms with van der Waals surface area (Å²) in [6.07, 6.45) is 6.01. The highest BCUT2D eigenvalue weighted by molar-refractivity contribution is 8.01. The van der Waals surface area contributed by atoms with Crippen molar-refractivity contribution >= 4 is 71.5 Å². The number of aliphatic carboxylic acids is 1. The van der Waals surface area contributed by atoms with Crippen LogP contribution >= 0.6 is 23.5 Å². The van der Waals surface area contributed by atoms with Gasteiger partial charge in [0.25, 0.3) is 11.8 Å². The molecule has 0 saturated carbocycles. The number of carboxylic acid groups (broad SMARTS) is 1. The SMILES string of the molecule is CCN1CCN(C(=O)N[C@@H](C(=O)N[C@]2(NC=O)C(=O)N3C(C(=O)O)=C(CSc4cc[n+](N5CCCCC5=O)cc4)CS[C@@H]32)c2ccccc2)C(=O)C1=O. The van der Waals surface area contributed by atoms with Gasteiger partial charge < -0.3 is 26.0 Å². The standard InChI is InChI=1S/C34H36N8O9S2/c1-2-38-16-17-40(29(47)28(38)46)33(51)36-25(21-8-4-3-5-9-21)27(45)37-34(35-20-43)31(50)42-26(30(48)49)22(19-53-32(34)42)18-52-23-11-14-39(15-12-23)41-13-7-6-10-24(41)44/h3-5,8-9,11-12,14-15,20,25,32H,2,6-7,10,13,16-19H2,1H3,(H3-,35,36,37,43,45,48,49,51)/p+1/t25-,32-,34-/m1/s1. The van der Waals surface area contributed by atoms with Crippen molar-refractivity contribution in [3.05, 3.63) is 71.7 Å². The van der Waals surface area contributed by atoms with Crippen molar-refractivity contribution in [3.8, 4) is 0 Å². The van der Waals surface area contributed by atoms with Gasteiger partial charge in [-0.2, -0.15) is 0 Å². The number of hydrogen-bond donors (Lipinski definition) is 4. The lowest BCUT2D eigenvalue weighted by Gasteiger charge is -2.56. The van der Waals surface area contributed by atoms with E-state index in [0.717, 1.165) is 34.4 Å². The van der Waals surface area contributed by atoms with Crippen molar-refractivity contribution in [3.63, 3.8) is 0 Å². The van der Waals surface area contributed by atoms with Crippen LogP contribution in [0.25, 0.3) is 0 Å². The van der Waals surface area contributed by atoms with Crippen LogP contribution in [0.5, 0.6) is 0 Å². The Balaban J connectivity index is 1.19. The number of aromatic nitrogens is 1. The van der Waals surface area contributed by atoms with Crippen LogP contribution < -0.4 is 25.6 Å². The third kappa shape index (κ3) is 7.17. The normalized spacial score (nSPS) is 22.2. The molecule has 1 aromatic carbocycles. The number of fused-ring (bicyclic) bond motifs is 1. The molecule has 17 nitrogen and oxygen atoms in total. The molecule has 278 valence electrons. The van der Waals surface area contributed by atoms with E-state index < -0.39 is 52.7 Å². The molecule has 4 aliphatic rings. The first kappa shape index (κ1) is 37.3. The first-order valence-corrected chi connectivity index (χ1v) is 18.9. The monoisotopic (exact) mass is 765 g/mol. The zero-order valence-corrected chi connectivity index (χ0v) is 30.2. The summed E-state index contributed by atoms with van der Waals surface area (Å²) in [7, 11) is 0. The van der Waals surface area contributed by atoms with Crippen molar-refractivity contribution in [1.29, 1.82) is 0 Å². The zero-order chi connectivity index (χ0) is 37.9. The molecule has 5 heterocycles. The number of piperazine rings is 1. The zero-order valence-electron chi connectivity index (χ0n) is 28.6. The summed E-state index contributed by atoms with van der Waals surface area (Å²) in [4.78, 5) is 107. The molecule has 0 radical (unpaired) electrons. The third-order valence-electron chi connectivity index (χ3n) is 9.33. The Hall–Kier alpha value is -5.43. The molecule has 4 aliphatic heterocycles. The summed E-state index contributed by atoms with van der Waals surface area (Å²) >= 11 is 2.49. The minimum Gasteiger partial charge on any atom is -0.477 e. The number of urea groups is 1. The highest BCUT2D eigenvalue weighted by atomic mass is 32.2. The molecule has 8 amide bonds. The first-order valence-electron chi connectivity index (χ1n) is 16.9. The predicted octanol–water partition coefficient (Wildman–Crippen LogP) is -0.331. The average molecular weight is 766 g/mol. The number of pyridine rings is 1. The largest absolute Gasteiger partial charge is 0.477 e. The Morgan fingerprint density at radius 2 is 1.77 bits per heavy atom. The second-order valence-corrected chi connectivity index (χ2v) is 14.6. The van der Waals surface area contributed by atoms with Crippen LogP contribution in [0.2, 0.25) is 0 Å². The Labute approximate surface area is 312 Å². The van der Waals surface area contributed by atoms with Gasteiger partial charge in [0.1, 0.15) is 17.1 Å². The maximum Gasteiger partial charge on any atom is 0.352 e. The molecular formula is C34H37N8O9S2+.